The van der Waals surface area contributed by atoms with E-state index in [1.807, 2.05) is 6.92 Å². The molecule has 0 aliphatic carbocycles. The van der Waals surface area contributed by atoms with Crippen molar-refractivity contribution in [3.05, 3.63) is 35.4 Å². The van der Waals surface area contributed by atoms with Crippen molar-refractivity contribution in [2.45, 2.75) is 51.8 Å². The summed E-state index contributed by atoms with van der Waals surface area (Å²) in [5.41, 5.74) is 8.83. The number of aryl methyl sites for hydroxylation is 1. The lowest BCUT2D eigenvalue weighted by Gasteiger charge is -2.33. The predicted molar refractivity (Wildman–Crippen MR) is 81.1 cm³/mol. The zero-order valence-electron chi connectivity index (χ0n) is 12.6. The highest BCUT2D eigenvalue weighted by Gasteiger charge is 2.23. The Kier molecular flexibility index (Phi) is 6.49. The van der Waals surface area contributed by atoms with E-state index in [2.05, 4.69) is 50.1 Å². The molecule has 1 aromatic rings. The molecule has 3 unspecified atom stereocenters. The first-order chi connectivity index (χ1) is 8.95. The lowest BCUT2D eigenvalue weighted by Crippen LogP contribution is -2.39. The Hall–Kier alpha value is -0.900. The van der Waals surface area contributed by atoms with Gasteiger partial charge >= 0.3 is 0 Å². The van der Waals surface area contributed by atoms with Crippen LogP contribution in [0.25, 0.3) is 0 Å². The van der Waals surface area contributed by atoms with Crippen LogP contribution in [0.15, 0.2) is 24.3 Å². The number of rotatable bonds is 7. The van der Waals surface area contributed by atoms with Gasteiger partial charge < -0.3 is 10.8 Å². The minimum atomic E-state index is -0.265. The van der Waals surface area contributed by atoms with Crippen molar-refractivity contribution in [2.24, 2.45) is 5.73 Å². The normalized spacial score (nSPS) is 16.4. The molecule has 3 heteroatoms. The van der Waals surface area contributed by atoms with E-state index in [0.29, 0.717) is 0 Å². The summed E-state index contributed by atoms with van der Waals surface area (Å²) < 4.78 is 0. The Balaban J connectivity index is 2.88. The Morgan fingerprint density at radius 3 is 2.58 bits per heavy atom. The Bertz CT molecular complexity index is 379. The second kappa shape index (κ2) is 7.63. The van der Waals surface area contributed by atoms with E-state index >= 15 is 0 Å². The van der Waals surface area contributed by atoms with Crippen LogP contribution in [-0.4, -0.2) is 35.7 Å². The van der Waals surface area contributed by atoms with Gasteiger partial charge in [0.2, 0.25) is 0 Å². The van der Waals surface area contributed by atoms with Gasteiger partial charge in [-0.25, -0.2) is 0 Å². The molecular weight excluding hydrogens is 236 g/mol. The van der Waals surface area contributed by atoms with E-state index in [1.165, 1.54) is 11.1 Å². The highest BCUT2D eigenvalue weighted by Crippen LogP contribution is 2.25. The summed E-state index contributed by atoms with van der Waals surface area (Å²) in [6, 6.07) is 8.87. The molecule has 0 saturated heterocycles. The van der Waals surface area contributed by atoms with Gasteiger partial charge in [0.1, 0.15) is 0 Å². The van der Waals surface area contributed by atoms with Crippen LogP contribution >= 0.6 is 0 Å². The molecule has 1 aromatic carbocycles. The maximum Gasteiger partial charge on any atom is 0.0524 e. The average molecular weight is 264 g/mol. The van der Waals surface area contributed by atoms with Gasteiger partial charge in [-0.05, 0) is 39.3 Å². The van der Waals surface area contributed by atoms with Gasteiger partial charge in [0, 0.05) is 18.6 Å². The molecular formula is C16H28N2O. The summed E-state index contributed by atoms with van der Waals surface area (Å²) in [7, 11) is 2.09. The van der Waals surface area contributed by atoms with Crippen LogP contribution in [0.3, 0.4) is 0 Å². The molecule has 0 spiro atoms. The number of likely N-dealkylation sites (N-methyl/N-ethyl adjacent to an activating group) is 1. The molecule has 0 aromatic heterocycles. The Morgan fingerprint density at radius 1 is 1.37 bits per heavy atom. The second-order valence-corrected chi connectivity index (χ2v) is 5.55. The third kappa shape index (κ3) is 4.94. The first-order valence-corrected chi connectivity index (χ1v) is 7.16. The molecule has 0 radical (unpaired) electrons. The van der Waals surface area contributed by atoms with E-state index < -0.39 is 0 Å². The summed E-state index contributed by atoms with van der Waals surface area (Å²) in [5.74, 6) is 0. The van der Waals surface area contributed by atoms with E-state index in [4.69, 9.17) is 5.73 Å². The van der Waals surface area contributed by atoms with E-state index in [-0.39, 0.29) is 18.2 Å². The van der Waals surface area contributed by atoms with E-state index in [9.17, 15) is 5.11 Å². The molecule has 0 aliphatic rings. The molecule has 0 amide bonds. The fourth-order valence-corrected chi connectivity index (χ4v) is 2.44. The number of hydrogen-bond acceptors (Lipinski definition) is 3. The van der Waals surface area contributed by atoms with E-state index in [0.717, 1.165) is 19.4 Å². The second-order valence-electron chi connectivity index (χ2n) is 5.55. The van der Waals surface area contributed by atoms with Crippen LogP contribution in [-0.2, 0) is 0 Å². The molecule has 0 fully saturated rings. The molecule has 3 N–H and O–H groups in total. The van der Waals surface area contributed by atoms with Crippen molar-refractivity contribution < 1.29 is 5.11 Å². The first-order valence-electron chi connectivity index (χ1n) is 7.16. The smallest absolute Gasteiger partial charge is 0.0524 e. The molecule has 3 nitrogen and oxygen atoms in total. The summed E-state index contributed by atoms with van der Waals surface area (Å²) in [4.78, 5) is 2.26. The van der Waals surface area contributed by atoms with Gasteiger partial charge in [-0.2, -0.15) is 0 Å². The van der Waals surface area contributed by atoms with Crippen LogP contribution in [0.1, 0.15) is 43.9 Å². The lowest BCUT2D eigenvalue weighted by molar-refractivity contribution is 0.140. The first kappa shape index (κ1) is 16.2. The van der Waals surface area contributed by atoms with Crippen molar-refractivity contribution in [2.75, 3.05) is 13.6 Å². The summed E-state index contributed by atoms with van der Waals surface area (Å²) in [5, 5.41) is 9.44. The van der Waals surface area contributed by atoms with Crippen LogP contribution in [0.5, 0.6) is 0 Å². The number of aliphatic hydroxyl groups is 1. The predicted octanol–water partition coefficient (Wildman–Crippen LogP) is 2.48. The Morgan fingerprint density at radius 2 is 2.05 bits per heavy atom. The number of nitrogens with zero attached hydrogens (tertiary/aromatic N) is 1. The number of aliphatic hydroxyl groups excluding tert-OH is 1. The zero-order valence-corrected chi connectivity index (χ0v) is 12.6. The fraction of sp³-hybridized carbons (Fsp3) is 0.625. The molecule has 0 aliphatic heterocycles. The molecule has 0 saturated carbocycles. The fourth-order valence-electron chi connectivity index (χ4n) is 2.44. The lowest BCUT2D eigenvalue weighted by atomic mass is 9.95. The summed E-state index contributed by atoms with van der Waals surface area (Å²) >= 11 is 0. The van der Waals surface area contributed by atoms with Crippen molar-refractivity contribution in [1.29, 1.82) is 0 Å². The van der Waals surface area contributed by atoms with Gasteiger partial charge in [-0.3, -0.25) is 4.90 Å². The van der Waals surface area contributed by atoms with Crippen LogP contribution in [0.2, 0.25) is 0 Å². The van der Waals surface area contributed by atoms with Gasteiger partial charge in [0.25, 0.3) is 0 Å². The molecule has 0 bridgehead atoms. The minimum absolute atomic E-state index is 0.112. The molecule has 1 rings (SSSR count). The Labute approximate surface area is 117 Å². The van der Waals surface area contributed by atoms with Gasteiger partial charge in [-0.15, -0.1) is 0 Å². The van der Waals surface area contributed by atoms with Gasteiger partial charge in [0.05, 0.1) is 6.10 Å². The van der Waals surface area contributed by atoms with E-state index in [1.54, 1.807) is 0 Å². The van der Waals surface area contributed by atoms with Crippen LogP contribution in [0.4, 0.5) is 0 Å². The zero-order chi connectivity index (χ0) is 14.4. The van der Waals surface area contributed by atoms with Crippen molar-refractivity contribution >= 4 is 0 Å². The molecule has 108 valence electrons. The molecule has 19 heavy (non-hydrogen) atoms. The highest BCUT2D eigenvalue weighted by atomic mass is 16.3. The van der Waals surface area contributed by atoms with Crippen molar-refractivity contribution in [1.82, 2.24) is 4.90 Å². The maximum atomic E-state index is 9.44. The van der Waals surface area contributed by atoms with Crippen LogP contribution < -0.4 is 5.73 Å². The van der Waals surface area contributed by atoms with Crippen molar-refractivity contribution in [3.8, 4) is 0 Å². The quantitative estimate of drug-likeness (QED) is 0.795. The molecule has 0 heterocycles. The monoisotopic (exact) mass is 264 g/mol. The van der Waals surface area contributed by atoms with Crippen molar-refractivity contribution in [3.63, 3.8) is 0 Å². The average Bonchev–Trinajstić information content (AvgIpc) is 2.36. The summed E-state index contributed by atoms with van der Waals surface area (Å²) in [6.07, 6.45) is 1.45. The number of hydrogen-bond donors (Lipinski definition) is 2. The third-order valence-corrected chi connectivity index (χ3v) is 3.64. The topological polar surface area (TPSA) is 49.5 Å². The maximum absolute atomic E-state index is 9.44. The largest absolute Gasteiger partial charge is 0.393 e. The van der Waals surface area contributed by atoms with Gasteiger partial charge in [0.15, 0.2) is 0 Å². The summed E-state index contributed by atoms with van der Waals surface area (Å²) in [6.45, 7) is 6.91. The van der Waals surface area contributed by atoms with Crippen LogP contribution in [0, 0.1) is 6.92 Å². The standard InChI is InChI=1S/C16H28N2O/c1-5-15(17)16(18(4)10-9-13(3)19)14-8-6-7-12(2)11-14/h6-8,11,13,15-16,19H,5,9-10,17H2,1-4H3. The highest BCUT2D eigenvalue weighted by molar-refractivity contribution is 5.26. The third-order valence-electron chi connectivity index (χ3n) is 3.64. The SMILES string of the molecule is CCC(N)C(c1cccc(C)c1)N(C)CCC(C)O. The van der Waals surface area contributed by atoms with Gasteiger partial charge in [-0.1, -0.05) is 36.8 Å². The number of benzene rings is 1. The number of nitrogens with two attached hydrogens (primary N) is 1. The molecule has 3 atom stereocenters. The minimum Gasteiger partial charge on any atom is -0.393 e.